The van der Waals surface area contributed by atoms with Crippen molar-refractivity contribution in [3.05, 3.63) is 23.8 Å². The average Bonchev–Trinajstić information content (AvgIpc) is 2.21. The Kier molecular flexibility index (Phi) is 4.58. The van der Waals surface area contributed by atoms with Crippen LogP contribution in [-0.4, -0.2) is 28.0 Å². The molecule has 90 valence electrons. The second kappa shape index (κ2) is 5.72. The molecular weight excluding hydrogens is 206 g/mol. The molecule has 0 spiro atoms. The second-order valence-electron chi connectivity index (χ2n) is 4.04. The molecule has 4 heteroatoms. The third-order valence-corrected chi connectivity index (χ3v) is 2.57. The molecule has 2 unspecified atom stereocenters. The van der Waals surface area contributed by atoms with E-state index in [1.807, 2.05) is 13.8 Å². The Morgan fingerprint density at radius 3 is 2.56 bits per heavy atom. The summed E-state index contributed by atoms with van der Waals surface area (Å²) in [4.78, 5) is 0. The minimum atomic E-state index is -0.0753. The van der Waals surface area contributed by atoms with Crippen LogP contribution in [0.4, 0.5) is 0 Å². The highest BCUT2D eigenvalue weighted by molar-refractivity contribution is 5.40. The monoisotopic (exact) mass is 225 g/mol. The van der Waals surface area contributed by atoms with Crippen LogP contribution in [0.5, 0.6) is 11.5 Å². The number of aromatic hydroxyl groups is 2. The lowest BCUT2D eigenvalue weighted by Gasteiger charge is -2.20. The number of hydrogen-bond donors (Lipinski definition) is 4. The van der Waals surface area contributed by atoms with Crippen molar-refractivity contribution in [3.8, 4) is 11.5 Å². The van der Waals surface area contributed by atoms with Gasteiger partial charge in [-0.3, -0.25) is 0 Å². The van der Waals surface area contributed by atoms with Crippen LogP contribution >= 0.6 is 0 Å². The van der Waals surface area contributed by atoms with Gasteiger partial charge in [0.05, 0.1) is 0 Å². The summed E-state index contributed by atoms with van der Waals surface area (Å²) < 4.78 is 0. The first-order valence-electron chi connectivity index (χ1n) is 5.43. The third kappa shape index (κ3) is 3.40. The van der Waals surface area contributed by atoms with E-state index in [1.54, 1.807) is 6.07 Å². The highest BCUT2D eigenvalue weighted by Crippen LogP contribution is 2.27. The molecule has 0 saturated heterocycles. The van der Waals surface area contributed by atoms with E-state index in [0.717, 1.165) is 0 Å². The molecule has 0 fully saturated rings. The Balaban J connectivity index is 2.72. The Hall–Kier alpha value is -1.26. The van der Waals surface area contributed by atoms with E-state index in [-0.39, 0.29) is 30.2 Å². The number of phenolic OH excluding ortho intramolecular Hbond substituents is 2. The van der Waals surface area contributed by atoms with Crippen molar-refractivity contribution in [1.29, 1.82) is 0 Å². The second-order valence-corrected chi connectivity index (χ2v) is 4.04. The Bertz CT molecular complexity index is 341. The van der Waals surface area contributed by atoms with E-state index in [1.165, 1.54) is 12.1 Å². The molecule has 4 N–H and O–H groups in total. The van der Waals surface area contributed by atoms with E-state index in [2.05, 4.69) is 5.32 Å². The molecule has 0 aliphatic heterocycles. The molecule has 0 saturated carbocycles. The quantitative estimate of drug-likeness (QED) is 0.573. The van der Waals surface area contributed by atoms with Gasteiger partial charge in [-0.25, -0.2) is 0 Å². The largest absolute Gasteiger partial charge is 0.508 e. The van der Waals surface area contributed by atoms with E-state index in [4.69, 9.17) is 5.11 Å². The normalized spacial score (nSPS) is 14.7. The predicted octanol–water partition coefficient (Wildman–Crippen LogP) is 1.52. The molecule has 2 atom stereocenters. The van der Waals surface area contributed by atoms with Gasteiger partial charge in [0.2, 0.25) is 0 Å². The molecule has 0 amide bonds. The topological polar surface area (TPSA) is 72.7 Å². The summed E-state index contributed by atoms with van der Waals surface area (Å²) in [6.07, 6.45) is 0.657. The van der Waals surface area contributed by atoms with E-state index < -0.39 is 0 Å². The fourth-order valence-electron chi connectivity index (χ4n) is 1.68. The maximum atomic E-state index is 9.65. The zero-order valence-electron chi connectivity index (χ0n) is 9.64. The maximum absolute atomic E-state index is 9.65. The van der Waals surface area contributed by atoms with Crippen molar-refractivity contribution >= 4 is 0 Å². The summed E-state index contributed by atoms with van der Waals surface area (Å²) in [5.74, 6) is 0.297. The third-order valence-electron chi connectivity index (χ3n) is 2.57. The Morgan fingerprint density at radius 2 is 1.94 bits per heavy atom. The summed E-state index contributed by atoms with van der Waals surface area (Å²) in [7, 11) is 0. The molecule has 1 rings (SSSR count). The fourth-order valence-corrected chi connectivity index (χ4v) is 1.68. The Morgan fingerprint density at radius 1 is 1.25 bits per heavy atom. The smallest absolute Gasteiger partial charge is 0.120 e. The molecule has 0 bridgehead atoms. The van der Waals surface area contributed by atoms with E-state index in [0.29, 0.717) is 12.0 Å². The lowest BCUT2D eigenvalue weighted by atomic mass is 10.1. The van der Waals surface area contributed by atoms with Crippen molar-refractivity contribution in [3.63, 3.8) is 0 Å². The summed E-state index contributed by atoms with van der Waals surface area (Å²) in [5.41, 5.74) is 0.657. The summed E-state index contributed by atoms with van der Waals surface area (Å²) in [6, 6.07) is 4.54. The predicted molar refractivity (Wildman–Crippen MR) is 62.5 cm³/mol. The highest BCUT2D eigenvalue weighted by Gasteiger charge is 2.13. The van der Waals surface area contributed by atoms with Crippen molar-refractivity contribution in [1.82, 2.24) is 5.32 Å². The van der Waals surface area contributed by atoms with Crippen LogP contribution < -0.4 is 5.32 Å². The van der Waals surface area contributed by atoms with Crippen LogP contribution in [-0.2, 0) is 0 Å². The van der Waals surface area contributed by atoms with Gasteiger partial charge in [-0.05, 0) is 38.5 Å². The van der Waals surface area contributed by atoms with Crippen LogP contribution in [0.15, 0.2) is 18.2 Å². The number of phenols is 2. The summed E-state index contributed by atoms with van der Waals surface area (Å²) in [5, 5.41) is 31.0. The zero-order valence-corrected chi connectivity index (χ0v) is 9.64. The van der Waals surface area contributed by atoms with Crippen molar-refractivity contribution in [2.24, 2.45) is 0 Å². The minimum Gasteiger partial charge on any atom is -0.508 e. The van der Waals surface area contributed by atoms with Gasteiger partial charge in [0.1, 0.15) is 11.5 Å². The SMILES string of the molecule is CC(CCO)NC(C)c1cc(O)ccc1O. The average molecular weight is 225 g/mol. The van der Waals surface area contributed by atoms with Gasteiger partial charge in [0, 0.05) is 24.3 Å². The first-order valence-corrected chi connectivity index (χ1v) is 5.43. The van der Waals surface area contributed by atoms with Gasteiger partial charge in [0.15, 0.2) is 0 Å². The number of aliphatic hydroxyl groups is 1. The minimum absolute atomic E-state index is 0.0753. The molecule has 4 nitrogen and oxygen atoms in total. The Labute approximate surface area is 95.6 Å². The van der Waals surface area contributed by atoms with Gasteiger partial charge < -0.3 is 20.6 Å². The first kappa shape index (κ1) is 12.8. The number of rotatable bonds is 5. The molecule has 1 aromatic carbocycles. The summed E-state index contributed by atoms with van der Waals surface area (Å²) in [6.45, 7) is 4.00. The molecular formula is C12H19NO3. The van der Waals surface area contributed by atoms with Crippen LogP contribution in [0.25, 0.3) is 0 Å². The van der Waals surface area contributed by atoms with Gasteiger partial charge in [0.25, 0.3) is 0 Å². The van der Waals surface area contributed by atoms with Gasteiger partial charge in [-0.1, -0.05) is 0 Å². The highest BCUT2D eigenvalue weighted by atomic mass is 16.3. The van der Waals surface area contributed by atoms with Gasteiger partial charge >= 0.3 is 0 Å². The van der Waals surface area contributed by atoms with E-state index in [9.17, 15) is 10.2 Å². The van der Waals surface area contributed by atoms with Crippen LogP contribution in [0, 0.1) is 0 Å². The first-order chi connectivity index (χ1) is 7.54. The molecule has 0 aliphatic carbocycles. The number of aliphatic hydroxyl groups excluding tert-OH is 1. The van der Waals surface area contributed by atoms with Gasteiger partial charge in [-0.15, -0.1) is 0 Å². The van der Waals surface area contributed by atoms with Crippen molar-refractivity contribution in [2.75, 3.05) is 6.61 Å². The van der Waals surface area contributed by atoms with E-state index >= 15 is 0 Å². The standard InChI is InChI=1S/C12H19NO3/c1-8(5-6-14)13-9(2)11-7-10(15)3-4-12(11)16/h3-4,7-9,13-16H,5-6H2,1-2H3. The number of hydrogen-bond acceptors (Lipinski definition) is 4. The molecule has 16 heavy (non-hydrogen) atoms. The lowest BCUT2D eigenvalue weighted by molar-refractivity contribution is 0.264. The van der Waals surface area contributed by atoms with Crippen LogP contribution in [0.1, 0.15) is 31.9 Å². The fraction of sp³-hybridized carbons (Fsp3) is 0.500. The lowest BCUT2D eigenvalue weighted by Crippen LogP contribution is -2.29. The molecule has 1 aromatic rings. The molecule has 0 heterocycles. The van der Waals surface area contributed by atoms with Crippen molar-refractivity contribution in [2.45, 2.75) is 32.4 Å². The van der Waals surface area contributed by atoms with Gasteiger partial charge in [-0.2, -0.15) is 0 Å². The van der Waals surface area contributed by atoms with Crippen molar-refractivity contribution < 1.29 is 15.3 Å². The van der Waals surface area contributed by atoms with Crippen LogP contribution in [0.2, 0.25) is 0 Å². The molecule has 0 radical (unpaired) electrons. The maximum Gasteiger partial charge on any atom is 0.120 e. The zero-order chi connectivity index (χ0) is 12.1. The number of benzene rings is 1. The summed E-state index contributed by atoms with van der Waals surface area (Å²) >= 11 is 0. The molecule has 0 aliphatic rings. The van der Waals surface area contributed by atoms with Crippen LogP contribution in [0.3, 0.4) is 0 Å². The molecule has 0 aromatic heterocycles. The number of nitrogens with one attached hydrogen (secondary N) is 1.